The van der Waals surface area contributed by atoms with E-state index in [0.717, 1.165) is 5.56 Å². The zero-order valence-electron chi connectivity index (χ0n) is 26.9. The highest BCUT2D eigenvalue weighted by Gasteiger charge is 2.60. The van der Waals surface area contributed by atoms with Crippen LogP contribution in [-0.2, 0) is 71.7 Å². The van der Waals surface area contributed by atoms with E-state index in [2.05, 4.69) is 0 Å². The highest BCUT2D eigenvalue weighted by Crippen LogP contribution is 2.39. The van der Waals surface area contributed by atoms with Crippen molar-refractivity contribution in [2.45, 2.75) is 54.4 Å². The summed E-state index contributed by atoms with van der Waals surface area (Å²) in [5.74, 6) is 0. The fraction of sp³-hybridized carbons (Fsp3) is 0.750. The Hall–Kier alpha value is -1.68. The van der Waals surface area contributed by atoms with Gasteiger partial charge in [0.2, 0.25) is 10.0 Å². The number of hydrogen-bond donors (Lipinski definition) is 0. The molecule has 1 aliphatic rings. The summed E-state index contributed by atoms with van der Waals surface area (Å²) in [6.07, 6.45) is -5.48. The largest absolute Gasteiger partial charge is 0.359 e. The lowest BCUT2D eigenvalue weighted by atomic mass is 9.96. The van der Waals surface area contributed by atoms with Gasteiger partial charge in [-0.05, 0) is 19.1 Å². The van der Waals surface area contributed by atoms with Crippen molar-refractivity contribution in [1.29, 1.82) is 0 Å². The van der Waals surface area contributed by atoms with Gasteiger partial charge in [0.25, 0.3) is 0 Å². The van der Waals surface area contributed by atoms with Gasteiger partial charge in [0.1, 0.15) is 71.3 Å². The molecule has 0 aromatic heterocycles. The van der Waals surface area contributed by atoms with Gasteiger partial charge in [0, 0.05) is 42.7 Å². The van der Waals surface area contributed by atoms with Crippen LogP contribution in [-0.4, -0.2) is 152 Å². The molecule has 0 aliphatic carbocycles. The number of ether oxygens (including phenoxy) is 12. The normalized spacial score (nSPS) is 22.8. The van der Waals surface area contributed by atoms with Gasteiger partial charge in [-0.1, -0.05) is 17.7 Å². The highest BCUT2D eigenvalue weighted by atomic mass is 32.2. The van der Waals surface area contributed by atoms with E-state index in [4.69, 9.17) is 56.8 Å². The molecule has 7 atom stereocenters. The van der Waals surface area contributed by atoms with E-state index in [0.29, 0.717) is 6.29 Å². The van der Waals surface area contributed by atoms with Crippen LogP contribution in [0.5, 0.6) is 0 Å². The van der Waals surface area contributed by atoms with Crippen LogP contribution in [0.2, 0.25) is 0 Å². The van der Waals surface area contributed by atoms with Gasteiger partial charge in [0.15, 0.2) is 6.29 Å². The van der Waals surface area contributed by atoms with Crippen LogP contribution in [0.3, 0.4) is 0 Å². The van der Waals surface area contributed by atoms with E-state index in [1.807, 2.05) is 6.92 Å². The van der Waals surface area contributed by atoms with E-state index >= 15 is 0 Å². The van der Waals surface area contributed by atoms with Crippen LogP contribution < -0.4 is 0 Å². The quantitative estimate of drug-likeness (QED) is 0.0802. The van der Waals surface area contributed by atoms with Crippen LogP contribution >= 0.6 is 0 Å². The molecule has 0 unspecified atom stereocenters. The molecular weight excluding hydrogens is 622 g/mol. The van der Waals surface area contributed by atoms with Crippen LogP contribution in [0.4, 0.5) is 0 Å². The van der Waals surface area contributed by atoms with E-state index < -0.39 is 52.6 Å². The first-order chi connectivity index (χ1) is 21.8. The Balaban J connectivity index is 2.89. The zero-order valence-corrected chi connectivity index (χ0v) is 27.7. The number of aryl methyl sites for hydroxylation is 1. The number of aldehydes is 1. The van der Waals surface area contributed by atoms with Crippen molar-refractivity contribution in [3.05, 3.63) is 29.8 Å². The van der Waals surface area contributed by atoms with Gasteiger partial charge in [-0.3, -0.25) is 0 Å². The van der Waals surface area contributed by atoms with Gasteiger partial charge >= 0.3 is 0 Å². The minimum atomic E-state index is -4.37. The number of nitrogens with zero attached hydrogens (tertiary/aromatic N) is 1. The summed E-state index contributed by atoms with van der Waals surface area (Å²) in [5, 5.41) is 0. The third kappa shape index (κ3) is 10.9. The summed E-state index contributed by atoms with van der Waals surface area (Å²) in [6.45, 7) is 0.138. The summed E-state index contributed by atoms with van der Waals surface area (Å²) in [7, 11) is 4.07. The monoisotopic (exact) mass is 669 g/mol. The summed E-state index contributed by atoms with van der Waals surface area (Å²) < 4.78 is 97.1. The van der Waals surface area contributed by atoms with Crippen molar-refractivity contribution in [2.24, 2.45) is 0 Å². The smallest absolute Gasteiger partial charge is 0.243 e. The molecule has 1 aliphatic heterocycles. The Morgan fingerprint density at radius 3 is 1.82 bits per heavy atom. The lowest BCUT2D eigenvalue weighted by Crippen LogP contribution is -2.59. The van der Waals surface area contributed by atoms with Gasteiger partial charge in [-0.25, -0.2) is 8.42 Å². The molecule has 1 saturated heterocycles. The summed E-state index contributed by atoms with van der Waals surface area (Å²) in [4.78, 5) is 12.4. The molecule has 17 heteroatoms. The van der Waals surface area contributed by atoms with E-state index in [1.54, 1.807) is 12.1 Å². The molecule has 45 heavy (non-hydrogen) atoms. The maximum absolute atomic E-state index is 14.7. The molecule has 0 N–H and O–H groups in total. The van der Waals surface area contributed by atoms with E-state index in [1.165, 1.54) is 59.1 Å². The number of methoxy groups -OCH3 is 6. The molecule has 16 nitrogen and oxygen atoms in total. The van der Waals surface area contributed by atoms with Crippen molar-refractivity contribution in [3.8, 4) is 0 Å². The fourth-order valence-electron chi connectivity index (χ4n) is 4.96. The third-order valence-corrected chi connectivity index (χ3v) is 8.69. The Bertz CT molecular complexity index is 1050. The Kier molecular flexibility index (Phi) is 18.6. The molecule has 0 spiro atoms. The first-order valence-corrected chi connectivity index (χ1v) is 15.4. The molecule has 2 rings (SSSR count). The third-order valence-electron chi connectivity index (χ3n) is 6.76. The van der Waals surface area contributed by atoms with Crippen molar-refractivity contribution in [2.75, 3.05) is 90.0 Å². The molecule has 1 fully saturated rings. The summed E-state index contributed by atoms with van der Waals surface area (Å²) >= 11 is 0. The predicted molar refractivity (Wildman–Crippen MR) is 155 cm³/mol. The number of hydrogen-bond acceptors (Lipinski definition) is 15. The van der Waals surface area contributed by atoms with Crippen LogP contribution in [0.15, 0.2) is 29.2 Å². The maximum atomic E-state index is 14.7. The van der Waals surface area contributed by atoms with Crippen LogP contribution in [0.25, 0.3) is 0 Å². The van der Waals surface area contributed by atoms with Crippen molar-refractivity contribution in [3.63, 3.8) is 0 Å². The molecule has 0 bridgehead atoms. The molecule has 1 aromatic rings. The summed E-state index contributed by atoms with van der Waals surface area (Å²) in [6, 6.07) is 4.05. The first-order valence-electron chi connectivity index (χ1n) is 13.9. The fourth-order valence-corrected chi connectivity index (χ4v) is 6.78. The maximum Gasteiger partial charge on any atom is 0.243 e. The lowest BCUT2D eigenvalue weighted by molar-refractivity contribution is -0.222. The van der Waals surface area contributed by atoms with Crippen LogP contribution in [0.1, 0.15) is 5.56 Å². The first kappa shape index (κ1) is 39.5. The molecule has 1 heterocycles. The number of rotatable bonds is 25. The zero-order chi connectivity index (χ0) is 33.2. The highest BCUT2D eigenvalue weighted by molar-refractivity contribution is 7.89. The topological polar surface area (TPSA) is 165 Å². The number of carbonyl (C=O) groups is 1. The number of carbonyl (C=O) groups excluding carboxylic acids is 1. The number of sulfonamides is 1. The Labute approximate surface area is 264 Å². The van der Waals surface area contributed by atoms with Gasteiger partial charge in [-0.15, -0.1) is 0 Å². The Morgan fingerprint density at radius 1 is 0.733 bits per heavy atom. The minimum absolute atomic E-state index is 0.0184. The van der Waals surface area contributed by atoms with Crippen molar-refractivity contribution >= 4 is 16.3 Å². The SMILES string of the molecule is COCOC[C@H]1[C@H](OCOC)[C@@H](OCOC)[C@@H]([C@H](OCOC)[C@H](OCOC)[C@H](C=O)OCOC)N1S(=O)(=O)c1ccc(C)cc1. The minimum Gasteiger partial charge on any atom is -0.359 e. The molecule has 260 valence electrons. The number of benzene rings is 1. The van der Waals surface area contributed by atoms with Crippen molar-refractivity contribution < 1.29 is 70.1 Å². The standard InChI is InChI=1S/C28H47NO15S/c1-20-8-10-21(11-9-20)45(31,32)29-22(13-39-14-33-2)25(41-16-35-4)27(43-18-37-6)24(29)28(44-19-38-7)26(42-17-36-5)23(12-30)40-15-34-3/h8-12,22-28H,13-19H2,1-7H3/t22-,23-,24-,25-,26+,27-,28-/m0/s1. The molecular formula is C28H47NO15S. The van der Waals surface area contributed by atoms with Gasteiger partial charge < -0.3 is 61.6 Å². The Morgan fingerprint density at radius 2 is 1.27 bits per heavy atom. The van der Waals surface area contributed by atoms with E-state index in [9.17, 15) is 13.2 Å². The van der Waals surface area contributed by atoms with Crippen molar-refractivity contribution in [1.82, 2.24) is 4.31 Å². The predicted octanol–water partition coefficient (Wildman–Crippen LogP) is 0.501. The molecule has 0 amide bonds. The lowest BCUT2D eigenvalue weighted by Gasteiger charge is -2.39. The second-order valence-electron chi connectivity index (χ2n) is 9.81. The van der Waals surface area contributed by atoms with Gasteiger partial charge in [-0.2, -0.15) is 4.31 Å². The molecule has 0 radical (unpaired) electrons. The van der Waals surface area contributed by atoms with E-state index in [-0.39, 0.29) is 52.3 Å². The van der Waals surface area contributed by atoms with Gasteiger partial charge in [0.05, 0.1) is 23.6 Å². The molecule has 1 aromatic carbocycles. The van der Waals surface area contributed by atoms with Crippen LogP contribution in [0, 0.1) is 6.92 Å². The molecule has 0 saturated carbocycles. The average Bonchev–Trinajstić information content (AvgIpc) is 3.34. The second-order valence-corrected chi connectivity index (χ2v) is 11.7. The summed E-state index contributed by atoms with van der Waals surface area (Å²) in [5.41, 5.74) is 0.855. The average molecular weight is 670 g/mol. The second kappa shape index (κ2) is 21.2.